The first-order valence-corrected chi connectivity index (χ1v) is 6.84. The number of methoxy groups -OCH3 is 1. The molecular weight excluding hydrogens is 326 g/mol. The molecule has 0 unspecified atom stereocenters. The van der Waals surface area contributed by atoms with Gasteiger partial charge in [0.25, 0.3) is 0 Å². The molecule has 0 amide bonds. The lowest BCUT2D eigenvalue weighted by Gasteiger charge is -2.06. The van der Waals surface area contributed by atoms with Gasteiger partial charge in [0, 0.05) is 10.0 Å². The van der Waals surface area contributed by atoms with Crippen LogP contribution in [0, 0.1) is 6.92 Å². The van der Waals surface area contributed by atoms with Crippen molar-refractivity contribution in [3.63, 3.8) is 0 Å². The van der Waals surface area contributed by atoms with Crippen molar-refractivity contribution in [3.8, 4) is 17.0 Å². The smallest absolute Gasteiger partial charge is 0.344 e. The molecule has 106 valence electrons. The Hall–Kier alpha value is -1.82. The zero-order chi connectivity index (χ0) is 14.7. The lowest BCUT2D eigenvalue weighted by atomic mass is 10.1. The highest BCUT2D eigenvalue weighted by atomic mass is 79.9. The minimum Gasteiger partial charge on any atom is -0.497 e. The lowest BCUT2D eigenvalue weighted by Crippen LogP contribution is -2.06. The molecule has 1 heterocycles. The van der Waals surface area contributed by atoms with Crippen molar-refractivity contribution in [1.82, 2.24) is 5.16 Å². The number of nitrogens with zero attached hydrogens (tertiary/aromatic N) is 1. The van der Waals surface area contributed by atoms with Crippen molar-refractivity contribution in [2.75, 3.05) is 13.7 Å². The molecule has 0 aliphatic rings. The highest BCUT2D eigenvalue weighted by molar-refractivity contribution is 9.10. The SMILES string of the molecule is CCOC(=O)c1c(-c2cc(Br)cc(OC)c2)noc1C. The van der Waals surface area contributed by atoms with Crippen LogP contribution in [0.1, 0.15) is 23.0 Å². The van der Waals surface area contributed by atoms with Gasteiger partial charge in [-0.3, -0.25) is 0 Å². The number of aryl methyl sites for hydroxylation is 1. The van der Waals surface area contributed by atoms with E-state index in [1.807, 2.05) is 12.1 Å². The van der Waals surface area contributed by atoms with Gasteiger partial charge in [-0.25, -0.2) is 4.79 Å². The molecule has 6 heteroatoms. The summed E-state index contributed by atoms with van der Waals surface area (Å²) in [6.07, 6.45) is 0. The first-order valence-electron chi connectivity index (χ1n) is 6.05. The maximum atomic E-state index is 12.0. The van der Waals surface area contributed by atoms with Gasteiger partial charge < -0.3 is 14.0 Å². The number of ether oxygens (including phenoxy) is 2. The van der Waals surface area contributed by atoms with Crippen LogP contribution >= 0.6 is 15.9 Å². The largest absolute Gasteiger partial charge is 0.497 e. The summed E-state index contributed by atoms with van der Waals surface area (Å²) in [5, 5.41) is 3.95. The van der Waals surface area contributed by atoms with Gasteiger partial charge in [-0.2, -0.15) is 0 Å². The molecule has 2 rings (SSSR count). The Labute approximate surface area is 125 Å². The fourth-order valence-electron chi connectivity index (χ4n) is 1.83. The zero-order valence-corrected chi connectivity index (χ0v) is 13.0. The van der Waals surface area contributed by atoms with Crippen LogP contribution in [0.4, 0.5) is 0 Å². The van der Waals surface area contributed by atoms with Crippen molar-refractivity contribution in [1.29, 1.82) is 0 Å². The molecule has 0 saturated heterocycles. The highest BCUT2D eigenvalue weighted by Gasteiger charge is 2.23. The van der Waals surface area contributed by atoms with E-state index in [-0.39, 0.29) is 0 Å². The van der Waals surface area contributed by atoms with Crippen LogP contribution < -0.4 is 4.74 Å². The molecule has 0 aliphatic carbocycles. The molecule has 0 radical (unpaired) electrons. The van der Waals surface area contributed by atoms with E-state index >= 15 is 0 Å². The van der Waals surface area contributed by atoms with Crippen molar-refractivity contribution < 1.29 is 18.8 Å². The van der Waals surface area contributed by atoms with Gasteiger partial charge in [-0.15, -0.1) is 0 Å². The van der Waals surface area contributed by atoms with Crippen LogP contribution in [0.15, 0.2) is 27.2 Å². The second kappa shape index (κ2) is 6.09. The van der Waals surface area contributed by atoms with E-state index in [0.29, 0.717) is 29.4 Å². The van der Waals surface area contributed by atoms with Crippen molar-refractivity contribution in [2.24, 2.45) is 0 Å². The topological polar surface area (TPSA) is 61.6 Å². The summed E-state index contributed by atoms with van der Waals surface area (Å²) < 4.78 is 16.2. The molecule has 0 atom stereocenters. The Morgan fingerprint density at radius 3 is 2.80 bits per heavy atom. The first kappa shape index (κ1) is 14.6. The van der Waals surface area contributed by atoms with Crippen LogP contribution in [0.5, 0.6) is 5.75 Å². The van der Waals surface area contributed by atoms with Crippen molar-refractivity contribution >= 4 is 21.9 Å². The second-order valence-corrected chi connectivity index (χ2v) is 4.98. The molecular formula is C14H14BrNO4. The number of rotatable bonds is 4. The quantitative estimate of drug-likeness (QED) is 0.796. The number of carbonyl (C=O) groups is 1. The van der Waals surface area contributed by atoms with E-state index in [9.17, 15) is 4.79 Å². The number of benzene rings is 1. The van der Waals surface area contributed by atoms with E-state index < -0.39 is 5.97 Å². The van der Waals surface area contributed by atoms with Gasteiger partial charge in [-0.1, -0.05) is 21.1 Å². The summed E-state index contributed by atoms with van der Waals surface area (Å²) in [6, 6.07) is 5.44. The van der Waals surface area contributed by atoms with Gasteiger partial charge in [-0.05, 0) is 32.0 Å². The van der Waals surface area contributed by atoms with Crippen LogP contribution in [0.2, 0.25) is 0 Å². The summed E-state index contributed by atoms with van der Waals surface area (Å²) in [7, 11) is 1.58. The van der Waals surface area contributed by atoms with Crippen LogP contribution in [0.3, 0.4) is 0 Å². The third-order valence-corrected chi connectivity index (χ3v) is 3.18. The fourth-order valence-corrected chi connectivity index (χ4v) is 2.30. The zero-order valence-electron chi connectivity index (χ0n) is 11.4. The molecule has 0 saturated carbocycles. The minimum absolute atomic E-state index is 0.296. The Kier molecular flexibility index (Phi) is 4.44. The van der Waals surface area contributed by atoms with Crippen LogP contribution in [-0.2, 0) is 4.74 Å². The normalized spacial score (nSPS) is 10.4. The van der Waals surface area contributed by atoms with Gasteiger partial charge >= 0.3 is 5.97 Å². The first-order chi connectivity index (χ1) is 9.56. The van der Waals surface area contributed by atoms with E-state index in [4.69, 9.17) is 14.0 Å². The number of esters is 1. The summed E-state index contributed by atoms with van der Waals surface area (Å²) in [5.41, 5.74) is 1.50. The number of carbonyl (C=O) groups excluding carboxylic acids is 1. The second-order valence-electron chi connectivity index (χ2n) is 4.06. The number of hydrogen-bond donors (Lipinski definition) is 0. The molecule has 1 aromatic heterocycles. The number of aromatic nitrogens is 1. The van der Waals surface area contributed by atoms with Gasteiger partial charge in [0.1, 0.15) is 22.8 Å². The third kappa shape index (κ3) is 2.85. The lowest BCUT2D eigenvalue weighted by molar-refractivity contribution is 0.0525. The fraction of sp³-hybridized carbons (Fsp3) is 0.286. The van der Waals surface area contributed by atoms with E-state index in [1.54, 1.807) is 27.0 Å². The molecule has 0 fully saturated rings. The highest BCUT2D eigenvalue weighted by Crippen LogP contribution is 2.31. The maximum Gasteiger partial charge on any atom is 0.344 e. The molecule has 0 aliphatic heterocycles. The van der Waals surface area contributed by atoms with Crippen LogP contribution in [0.25, 0.3) is 11.3 Å². The molecule has 5 nitrogen and oxygen atoms in total. The Morgan fingerprint density at radius 2 is 2.15 bits per heavy atom. The molecule has 0 spiro atoms. The van der Waals surface area contributed by atoms with Crippen molar-refractivity contribution in [3.05, 3.63) is 34.0 Å². The predicted octanol–water partition coefficient (Wildman–Crippen LogP) is 3.60. The summed E-state index contributed by atoms with van der Waals surface area (Å²) in [6.45, 7) is 3.73. The summed E-state index contributed by atoms with van der Waals surface area (Å²) in [5.74, 6) is 0.641. The van der Waals surface area contributed by atoms with E-state index in [1.165, 1.54) is 0 Å². The average Bonchev–Trinajstić information content (AvgIpc) is 2.80. The number of hydrogen-bond acceptors (Lipinski definition) is 5. The van der Waals surface area contributed by atoms with E-state index in [0.717, 1.165) is 10.0 Å². The standard InChI is InChI=1S/C14H14BrNO4/c1-4-19-14(17)12-8(2)20-16-13(12)9-5-10(15)7-11(6-9)18-3/h5-7H,4H2,1-3H3. The Balaban J connectivity index is 2.53. The molecule has 1 aromatic carbocycles. The molecule has 20 heavy (non-hydrogen) atoms. The molecule has 0 bridgehead atoms. The number of halogens is 1. The monoisotopic (exact) mass is 339 g/mol. The van der Waals surface area contributed by atoms with E-state index in [2.05, 4.69) is 21.1 Å². The molecule has 2 aromatic rings. The third-order valence-electron chi connectivity index (χ3n) is 2.72. The Morgan fingerprint density at radius 1 is 1.40 bits per heavy atom. The minimum atomic E-state index is -0.444. The average molecular weight is 340 g/mol. The summed E-state index contributed by atoms with van der Waals surface area (Å²) in [4.78, 5) is 12.0. The van der Waals surface area contributed by atoms with Crippen LogP contribution in [-0.4, -0.2) is 24.8 Å². The summed E-state index contributed by atoms with van der Waals surface area (Å²) >= 11 is 3.40. The Bertz CT molecular complexity index is 636. The predicted molar refractivity (Wildman–Crippen MR) is 76.9 cm³/mol. The van der Waals surface area contributed by atoms with Gasteiger partial charge in [0.05, 0.1) is 13.7 Å². The van der Waals surface area contributed by atoms with Gasteiger partial charge in [0.15, 0.2) is 0 Å². The van der Waals surface area contributed by atoms with Crippen molar-refractivity contribution in [2.45, 2.75) is 13.8 Å². The van der Waals surface area contributed by atoms with Gasteiger partial charge in [0.2, 0.25) is 0 Å². The molecule has 0 N–H and O–H groups in total. The maximum absolute atomic E-state index is 12.0.